The fourth-order valence-corrected chi connectivity index (χ4v) is 1.23. The molecule has 0 saturated heterocycles. The second-order valence-corrected chi connectivity index (χ2v) is 3.56. The van der Waals surface area contributed by atoms with Crippen LogP contribution in [0.3, 0.4) is 0 Å². The summed E-state index contributed by atoms with van der Waals surface area (Å²) in [6, 6.07) is 0. The summed E-state index contributed by atoms with van der Waals surface area (Å²) in [6.07, 6.45) is 3.99. The van der Waals surface area contributed by atoms with Crippen molar-refractivity contribution in [2.45, 2.75) is 39.5 Å². The first-order valence-corrected chi connectivity index (χ1v) is 5.63. The lowest BCUT2D eigenvalue weighted by atomic mass is 10.4. The molecule has 0 aliphatic carbocycles. The number of hydrogen-bond donors (Lipinski definition) is 0. The molecule has 0 N–H and O–H groups in total. The van der Waals surface area contributed by atoms with Crippen LogP contribution in [0.1, 0.15) is 39.5 Å². The smallest absolute Gasteiger partial charge is 0.0828 e. The van der Waals surface area contributed by atoms with Gasteiger partial charge in [-0.15, -0.1) is 0 Å². The topological polar surface area (TPSA) is 41.5 Å². The summed E-state index contributed by atoms with van der Waals surface area (Å²) < 4.78 is 9.83. The van der Waals surface area contributed by atoms with Crippen LogP contribution < -0.4 is 4.89 Å². The average Bonchev–Trinajstić information content (AvgIpc) is 2.06. The van der Waals surface area contributed by atoms with Crippen LogP contribution in [0, 0.1) is 0 Å². The zero-order valence-electron chi connectivity index (χ0n) is 7.91. The molecule has 0 bridgehead atoms. The molecule has 0 radical (unpaired) electrons. The molecular formula is C8H18O3P-. The molecule has 0 aromatic heterocycles. The van der Waals surface area contributed by atoms with Gasteiger partial charge in [-0.3, -0.25) is 0 Å². The Morgan fingerprint density at radius 2 is 1.42 bits per heavy atom. The predicted octanol–water partition coefficient (Wildman–Crippen LogP) is 2.21. The van der Waals surface area contributed by atoms with E-state index >= 15 is 0 Å². The van der Waals surface area contributed by atoms with E-state index in [0.29, 0.717) is 13.2 Å². The van der Waals surface area contributed by atoms with Crippen LogP contribution in [-0.2, 0) is 9.05 Å². The molecule has 0 aliphatic rings. The molecule has 0 atom stereocenters. The lowest BCUT2D eigenvalue weighted by molar-refractivity contribution is -0.204. The minimum absolute atomic E-state index is 0.540. The van der Waals surface area contributed by atoms with Crippen LogP contribution in [0.25, 0.3) is 0 Å². The van der Waals surface area contributed by atoms with Crippen LogP contribution in [0.4, 0.5) is 0 Å². The molecule has 74 valence electrons. The Labute approximate surface area is 76.1 Å². The highest BCUT2D eigenvalue weighted by Crippen LogP contribution is 2.27. The second-order valence-electron chi connectivity index (χ2n) is 2.60. The highest BCUT2D eigenvalue weighted by atomic mass is 31.2. The van der Waals surface area contributed by atoms with Gasteiger partial charge in [-0.2, -0.15) is 0 Å². The molecule has 0 aromatic rings. The summed E-state index contributed by atoms with van der Waals surface area (Å²) in [6.45, 7) is 5.21. The quantitative estimate of drug-likeness (QED) is 0.438. The van der Waals surface area contributed by atoms with Crippen molar-refractivity contribution in [2.75, 3.05) is 13.2 Å². The van der Waals surface area contributed by atoms with Gasteiger partial charge in [0.05, 0.1) is 21.8 Å². The van der Waals surface area contributed by atoms with Gasteiger partial charge in [-0.05, 0) is 12.8 Å². The van der Waals surface area contributed by atoms with Crippen molar-refractivity contribution in [2.24, 2.45) is 0 Å². The van der Waals surface area contributed by atoms with E-state index in [1.54, 1.807) is 0 Å². The first-order chi connectivity index (χ1) is 5.81. The third kappa shape index (κ3) is 8.41. The Balaban J connectivity index is 3.04. The van der Waals surface area contributed by atoms with Crippen molar-refractivity contribution in [3.63, 3.8) is 0 Å². The third-order valence-electron chi connectivity index (χ3n) is 1.39. The Bertz CT molecular complexity index is 80.4. The molecular weight excluding hydrogens is 175 g/mol. The molecule has 3 nitrogen and oxygen atoms in total. The number of rotatable bonds is 8. The zero-order chi connectivity index (χ0) is 9.23. The first kappa shape index (κ1) is 12.3. The average molecular weight is 193 g/mol. The Morgan fingerprint density at radius 1 is 1.00 bits per heavy atom. The molecule has 0 unspecified atom stereocenters. The van der Waals surface area contributed by atoms with Crippen molar-refractivity contribution in [3.05, 3.63) is 0 Å². The van der Waals surface area contributed by atoms with Crippen molar-refractivity contribution in [3.8, 4) is 0 Å². The Morgan fingerprint density at radius 3 is 1.75 bits per heavy atom. The lowest BCUT2D eigenvalue weighted by Crippen LogP contribution is -2.04. The van der Waals surface area contributed by atoms with E-state index in [0.717, 1.165) is 25.7 Å². The molecule has 0 rings (SSSR count). The first-order valence-electron chi connectivity index (χ1n) is 4.54. The summed E-state index contributed by atoms with van der Waals surface area (Å²) >= 11 is 0. The Hall–Kier alpha value is 0.310. The fraction of sp³-hybridized carbons (Fsp3) is 1.00. The van der Waals surface area contributed by atoms with Crippen molar-refractivity contribution in [1.29, 1.82) is 0 Å². The van der Waals surface area contributed by atoms with Gasteiger partial charge in [0.1, 0.15) is 0 Å². The maximum atomic E-state index is 10.9. The molecule has 12 heavy (non-hydrogen) atoms. The second kappa shape index (κ2) is 9.40. The number of unbranched alkanes of at least 4 members (excludes halogenated alkanes) is 2. The van der Waals surface area contributed by atoms with Crippen molar-refractivity contribution in [1.82, 2.24) is 0 Å². The monoisotopic (exact) mass is 193 g/mol. The van der Waals surface area contributed by atoms with Gasteiger partial charge in [-0.1, -0.05) is 26.7 Å². The van der Waals surface area contributed by atoms with Gasteiger partial charge in [0.25, 0.3) is 0 Å². The maximum Gasteiger partial charge on any atom is 0.0828 e. The van der Waals surface area contributed by atoms with E-state index in [1.165, 1.54) is 0 Å². The molecule has 4 heteroatoms. The molecule has 0 aromatic carbocycles. The van der Waals surface area contributed by atoms with Crippen molar-refractivity contribution >= 4 is 8.60 Å². The molecule has 0 amide bonds. The van der Waals surface area contributed by atoms with Gasteiger partial charge in [0.2, 0.25) is 0 Å². The molecule has 0 saturated carbocycles. The Kier molecular flexibility index (Phi) is 9.64. The van der Waals surface area contributed by atoms with Gasteiger partial charge < -0.3 is 13.9 Å². The zero-order valence-corrected chi connectivity index (χ0v) is 8.81. The van der Waals surface area contributed by atoms with E-state index in [1.807, 2.05) is 0 Å². The lowest BCUT2D eigenvalue weighted by Gasteiger charge is -2.21. The minimum atomic E-state index is -1.85. The van der Waals surface area contributed by atoms with E-state index in [9.17, 15) is 4.89 Å². The van der Waals surface area contributed by atoms with Gasteiger partial charge >= 0.3 is 0 Å². The summed E-state index contributed by atoms with van der Waals surface area (Å²) in [5, 5.41) is 0. The summed E-state index contributed by atoms with van der Waals surface area (Å²) in [5.74, 6) is 0. The van der Waals surface area contributed by atoms with Crippen LogP contribution >= 0.6 is 8.60 Å². The predicted molar refractivity (Wildman–Crippen MR) is 48.6 cm³/mol. The summed E-state index contributed by atoms with van der Waals surface area (Å²) in [5.41, 5.74) is 0. The summed E-state index contributed by atoms with van der Waals surface area (Å²) in [7, 11) is -1.85. The van der Waals surface area contributed by atoms with Crippen LogP contribution in [-0.4, -0.2) is 13.2 Å². The van der Waals surface area contributed by atoms with Crippen LogP contribution in [0.2, 0.25) is 0 Å². The molecule has 0 heterocycles. The maximum absolute atomic E-state index is 10.9. The van der Waals surface area contributed by atoms with E-state index < -0.39 is 8.60 Å². The number of hydrogen-bond acceptors (Lipinski definition) is 3. The minimum Gasteiger partial charge on any atom is -0.786 e. The van der Waals surface area contributed by atoms with E-state index in [-0.39, 0.29) is 0 Å². The van der Waals surface area contributed by atoms with E-state index in [2.05, 4.69) is 13.8 Å². The summed E-state index contributed by atoms with van der Waals surface area (Å²) in [4.78, 5) is 10.9. The highest BCUT2D eigenvalue weighted by Gasteiger charge is 1.93. The van der Waals surface area contributed by atoms with Crippen LogP contribution in [0.15, 0.2) is 0 Å². The molecule has 0 fully saturated rings. The highest BCUT2D eigenvalue weighted by molar-refractivity contribution is 7.39. The molecule has 0 aliphatic heterocycles. The normalized spacial score (nSPS) is 11.0. The standard InChI is InChI=1S/C8H18O3P/c1-3-5-7-10-12(9)11-8-6-4-2/h3-8H2,1-2H3/q-1. The third-order valence-corrected chi connectivity index (χ3v) is 2.18. The van der Waals surface area contributed by atoms with Gasteiger partial charge in [-0.25, -0.2) is 0 Å². The van der Waals surface area contributed by atoms with E-state index in [4.69, 9.17) is 9.05 Å². The van der Waals surface area contributed by atoms with Crippen LogP contribution in [0.5, 0.6) is 0 Å². The molecule has 0 spiro atoms. The largest absolute Gasteiger partial charge is 0.786 e. The van der Waals surface area contributed by atoms with Crippen molar-refractivity contribution < 1.29 is 13.9 Å². The SMILES string of the molecule is CCCCOP([O-])OCCCC. The van der Waals surface area contributed by atoms with Gasteiger partial charge in [0, 0.05) is 0 Å². The van der Waals surface area contributed by atoms with Gasteiger partial charge in [0.15, 0.2) is 0 Å². The fourth-order valence-electron chi connectivity index (χ4n) is 0.604.